The van der Waals surface area contributed by atoms with Crippen molar-refractivity contribution in [3.63, 3.8) is 0 Å². The van der Waals surface area contributed by atoms with E-state index in [0.717, 1.165) is 16.0 Å². The van der Waals surface area contributed by atoms with E-state index in [9.17, 15) is 14.7 Å². The Bertz CT molecular complexity index is 567. The lowest BCUT2D eigenvalue weighted by molar-refractivity contribution is -0.143. The Balaban J connectivity index is 2.28. The summed E-state index contributed by atoms with van der Waals surface area (Å²) in [5, 5.41) is 11.4. The lowest BCUT2D eigenvalue weighted by Crippen LogP contribution is -2.49. The first-order valence-electron chi connectivity index (χ1n) is 6.94. The van der Waals surface area contributed by atoms with Crippen molar-refractivity contribution >= 4 is 23.3 Å². The van der Waals surface area contributed by atoms with Gasteiger partial charge in [0.1, 0.15) is 0 Å². The summed E-state index contributed by atoms with van der Waals surface area (Å²) in [4.78, 5) is 28.5. The molecule has 5 nitrogen and oxygen atoms in total. The Hall–Kier alpha value is -1.82. The molecule has 1 aromatic heterocycles. The molecule has 0 saturated carbocycles. The maximum absolute atomic E-state index is 12.7. The fourth-order valence-corrected chi connectivity index (χ4v) is 3.51. The standard InChI is InChI=1S/C15H20N2O3S/c1-4-16(9-10(2)3)15(20)17-7-5-12-11(6-8-21-12)13(17)14(18)19/h6,8,13H,2,4-5,7,9H2,1,3H3,(H,18,19). The molecule has 114 valence electrons. The maximum atomic E-state index is 12.7. The van der Waals surface area contributed by atoms with Gasteiger partial charge in [-0.15, -0.1) is 11.3 Å². The molecule has 1 aliphatic heterocycles. The van der Waals surface area contributed by atoms with Gasteiger partial charge in [-0.3, -0.25) is 0 Å². The summed E-state index contributed by atoms with van der Waals surface area (Å²) >= 11 is 1.56. The molecule has 0 saturated heterocycles. The van der Waals surface area contributed by atoms with Gasteiger partial charge in [0.15, 0.2) is 6.04 Å². The molecule has 2 rings (SSSR count). The van der Waals surface area contributed by atoms with Gasteiger partial charge in [0.25, 0.3) is 0 Å². The lowest BCUT2D eigenvalue weighted by atomic mass is 10.0. The van der Waals surface area contributed by atoms with E-state index >= 15 is 0 Å². The summed E-state index contributed by atoms with van der Waals surface area (Å²) in [5.41, 5.74) is 1.63. The van der Waals surface area contributed by atoms with Crippen LogP contribution in [0.15, 0.2) is 23.6 Å². The largest absolute Gasteiger partial charge is 0.479 e. The molecular weight excluding hydrogens is 288 g/mol. The molecule has 0 radical (unpaired) electrons. The molecule has 0 spiro atoms. The van der Waals surface area contributed by atoms with Crippen molar-refractivity contribution in [2.75, 3.05) is 19.6 Å². The SMILES string of the molecule is C=C(C)CN(CC)C(=O)N1CCc2sccc2C1C(=O)O. The summed E-state index contributed by atoms with van der Waals surface area (Å²) in [6.45, 7) is 9.00. The van der Waals surface area contributed by atoms with Gasteiger partial charge in [-0.2, -0.15) is 0 Å². The normalized spacial score (nSPS) is 17.2. The predicted molar refractivity (Wildman–Crippen MR) is 82.6 cm³/mol. The smallest absolute Gasteiger partial charge is 0.331 e. The van der Waals surface area contributed by atoms with Crippen LogP contribution in [0.3, 0.4) is 0 Å². The number of rotatable bonds is 4. The number of carbonyl (C=O) groups is 2. The number of amides is 2. The van der Waals surface area contributed by atoms with Crippen LogP contribution in [0.4, 0.5) is 4.79 Å². The minimum Gasteiger partial charge on any atom is -0.479 e. The fourth-order valence-electron chi connectivity index (χ4n) is 2.61. The zero-order chi connectivity index (χ0) is 15.6. The molecule has 1 aliphatic rings. The van der Waals surface area contributed by atoms with Crippen LogP contribution in [-0.2, 0) is 11.2 Å². The number of thiophene rings is 1. The second kappa shape index (κ2) is 6.30. The monoisotopic (exact) mass is 308 g/mol. The average Bonchev–Trinajstić information content (AvgIpc) is 2.90. The zero-order valence-corrected chi connectivity index (χ0v) is 13.2. The quantitative estimate of drug-likeness (QED) is 0.870. The van der Waals surface area contributed by atoms with Gasteiger partial charge in [-0.25, -0.2) is 9.59 Å². The number of fused-ring (bicyclic) bond motifs is 1. The highest BCUT2D eigenvalue weighted by Crippen LogP contribution is 2.34. The zero-order valence-electron chi connectivity index (χ0n) is 12.3. The average molecular weight is 308 g/mol. The molecule has 0 aliphatic carbocycles. The van der Waals surface area contributed by atoms with E-state index in [1.165, 1.54) is 4.90 Å². The fraction of sp³-hybridized carbons (Fsp3) is 0.467. The Morgan fingerprint density at radius 2 is 2.29 bits per heavy atom. The van der Waals surface area contributed by atoms with E-state index in [2.05, 4.69) is 6.58 Å². The molecular formula is C15H20N2O3S. The third-order valence-electron chi connectivity index (χ3n) is 3.56. The van der Waals surface area contributed by atoms with Gasteiger partial charge < -0.3 is 14.9 Å². The molecule has 1 aromatic rings. The Morgan fingerprint density at radius 1 is 1.57 bits per heavy atom. The Labute approximate surface area is 128 Å². The summed E-state index contributed by atoms with van der Waals surface area (Å²) in [7, 11) is 0. The van der Waals surface area contributed by atoms with Gasteiger partial charge >= 0.3 is 12.0 Å². The van der Waals surface area contributed by atoms with Crippen LogP contribution < -0.4 is 0 Å². The molecule has 1 atom stereocenters. The van der Waals surface area contributed by atoms with E-state index in [1.54, 1.807) is 16.2 Å². The van der Waals surface area contributed by atoms with Crippen LogP contribution in [0.25, 0.3) is 0 Å². The number of carboxylic acids is 1. The molecule has 0 bridgehead atoms. The van der Waals surface area contributed by atoms with Crippen LogP contribution >= 0.6 is 11.3 Å². The third kappa shape index (κ3) is 3.10. The van der Waals surface area contributed by atoms with Crippen molar-refractivity contribution in [2.45, 2.75) is 26.3 Å². The van der Waals surface area contributed by atoms with Crippen LogP contribution in [-0.4, -0.2) is 46.5 Å². The van der Waals surface area contributed by atoms with Crippen molar-refractivity contribution in [2.24, 2.45) is 0 Å². The number of likely N-dealkylation sites (N-methyl/N-ethyl adjacent to an activating group) is 1. The second-order valence-corrected chi connectivity index (χ2v) is 6.24. The third-order valence-corrected chi connectivity index (χ3v) is 4.56. The number of hydrogen-bond donors (Lipinski definition) is 1. The van der Waals surface area contributed by atoms with Gasteiger partial charge in [-0.05, 0) is 37.3 Å². The van der Waals surface area contributed by atoms with Crippen molar-refractivity contribution < 1.29 is 14.7 Å². The molecule has 21 heavy (non-hydrogen) atoms. The highest BCUT2D eigenvalue weighted by molar-refractivity contribution is 7.10. The lowest BCUT2D eigenvalue weighted by Gasteiger charge is -2.36. The van der Waals surface area contributed by atoms with E-state index in [1.807, 2.05) is 25.3 Å². The van der Waals surface area contributed by atoms with E-state index in [0.29, 0.717) is 26.1 Å². The summed E-state index contributed by atoms with van der Waals surface area (Å²) in [6, 6.07) is 0.698. The van der Waals surface area contributed by atoms with Crippen molar-refractivity contribution in [1.29, 1.82) is 0 Å². The Kier molecular flexibility index (Phi) is 4.67. The second-order valence-electron chi connectivity index (χ2n) is 5.24. The van der Waals surface area contributed by atoms with Crippen LogP contribution in [0.1, 0.15) is 30.3 Å². The van der Waals surface area contributed by atoms with Crippen molar-refractivity contribution in [3.05, 3.63) is 34.0 Å². The highest BCUT2D eigenvalue weighted by Gasteiger charge is 2.38. The molecule has 2 amide bonds. The minimum atomic E-state index is -0.978. The number of hydrogen-bond acceptors (Lipinski definition) is 3. The highest BCUT2D eigenvalue weighted by atomic mass is 32.1. The predicted octanol–water partition coefficient (Wildman–Crippen LogP) is 2.75. The van der Waals surface area contributed by atoms with Gasteiger partial charge in [0.05, 0.1) is 0 Å². The first-order chi connectivity index (χ1) is 9.95. The number of carboxylic acid groups (broad SMARTS) is 1. The number of nitrogens with zero attached hydrogens (tertiary/aromatic N) is 2. The first-order valence-corrected chi connectivity index (χ1v) is 7.82. The van der Waals surface area contributed by atoms with Crippen LogP contribution in [0.2, 0.25) is 0 Å². The first kappa shape index (κ1) is 15.6. The number of carbonyl (C=O) groups excluding carboxylic acids is 1. The molecule has 1 unspecified atom stereocenters. The van der Waals surface area contributed by atoms with Crippen molar-refractivity contribution in [1.82, 2.24) is 9.80 Å². The summed E-state index contributed by atoms with van der Waals surface area (Å²) in [6.07, 6.45) is 0.715. The van der Waals surface area contributed by atoms with E-state index in [-0.39, 0.29) is 6.03 Å². The molecule has 6 heteroatoms. The maximum Gasteiger partial charge on any atom is 0.331 e. The van der Waals surface area contributed by atoms with Gasteiger partial charge in [-0.1, -0.05) is 12.2 Å². The van der Waals surface area contributed by atoms with Gasteiger partial charge in [0.2, 0.25) is 0 Å². The Morgan fingerprint density at radius 3 is 2.86 bits per heavy atom. The summed E-state index contributed by atoms with van der Waals surface area (Å²) < 4.78 is 0. The van der Waals surface area contributed by atoms with Gasteiger partial charge in [0, 0.05) is 24.5 Å². The van der Waals surface area contributed by atoms with Crippen LogP contribution in [0.5, 0.6) is 0 Å². The molecule has 0 aromatic carbocycles. The topological polar surface area (TPSA) is 60.9 Å². The van der Waals surface area contributed by atoms with Crippen LogP contribution in [0, 0.1) is 0 Å². The van der Waals surface area contributed by atoms with Crippen molar-refractivity contribution in [3.8, 4) is 0 Å². The molecule has 0 fully saturated rings. The summed E-state index contributed by atoms with van der Waals surface area (Å²) in [5.74, 6) is -0.978. The molecule has 1 N–H and O–H groups in total. The number of aliphatic carboxylic acids is 1. The number of urea groups is 1. The van der Waals surface area contributed by atoms with E-state index in [4.69, 9.17) is 0 Å². The minimum absolute atomic E-state index is 0.232. The van der Waals surface area contributed by atoms with E-state index < -0.39 is 12.0 Å². The molecule has 2 heterocycles.